The molecule has 3 N–H and O–H groups in total. The summed E-state index contributed by atoms with van der Waals surface area (Å²) in [5.74, 6) is -1.46. The van der Waals surface area contributed by atoms with E-state index in [0.29, 0.717) is 0 Å². The molecule has 0 saturated carbocycles. The number of hydrogen-bond acceptors (Lipinski definition) is 5. The normalized spacial score (nSPS) is 13.7. The number of carbonyl (C=O) groups is 1. The minimum Gasteiger partial charge on any atom is -0.478 e. The largest absolute Gasteiger partial charge is 0.478 e. The topological polar surface area (TPSA) is 117 Å². The number of rotatable bonds is 6. The number of nitrogens with one attached hydrogen (secondary N) is 1. The van der Waals surface area contributed by atoms with Gasteiger partial charge in [0.15, 0.2) is 0 Å². The lowest BCUT2D eigenvalue weighted by Gasteiger charge is -2.15. The fourth-order valence-electron chi connectivity index (χ4n) is 1.74. The first-order valence-electron chi connectivity index (χ1n) is 6.09. The van der Waals surface area contributed by atoms with E-state index in [2.05, 4.69) is 4.72 Å². The summed E-state index contributed by atoms with van der Waals surface area (Å²) in [5.41, 5.74) is -0.381. The van der Waals surface area contributed by atoms with Gasteiger partial charge in [0.25, 0.3) is 0 Å². The molecule has 1 rings (SSSR count). The van der Waals surface area contributed by atoms with E-state index in [1.54, 1.807) is 13.8 Å². The molecule has 1 aromatic heterocycles. The van der Waals surface area contributed by atoms with Crippen molar-refractivity contribution in [1.29, 1.82) is 0 Å². The maximum absolute atomic E-state index is 12.2. The third-order valence-electron chi connectivity index (χ3n) is 2.94. The smallest absolute Gasteiger partial charge is 0.340 e. The number of aromatic carboxylic acids is 1. The first-order chi connectivity index (χ1) is 9.08. The van der Waals surface area contributed by atoms with Gasteiger partial charge in [-0.15, -0.1) is 0 Å². The fourth-order valence-corrected chi connectivity index (χ4v) is 3.19. The van der Waals surface area contributed by atoms with E-state index in [1.165, 1.54) is 13.8 Å². The highest BCUT2D eigenvalue weighted by Crippen LogP contribution is 2.26. The van der Waals surface area contributed by atoms with Gasteiger partial charge in [-0.1, -0.05) is 13.8 Å². The van der Waals surface area contributed by atoms with Crippen LogP contribution in [0.1, 0.15) is 35.7 Å². The molecule has 0 aliphatic carbocycles. The summed E-state index contributed by atoms with van der Waals surface area (Å²) < 4.78 is 31.6. The van der Waals surface area contributed by atoms with Crippen LogP contribution in [0.5, 0.6) is 0 Å². The Balaban J connectivity index is 3.14. The first-order valence-corrected chi connectivity index (χ1v) is 7.57. The van der Waals surface area contributed by atoms with Gasteiger partial charge in [0.05, 0.1) is 6.10 Å². The van der Waals surface area contributed by atoms with Crippen LogP contribution in [0, 0.1) is 19.8 Å². The second kappa shape index (κ2) is 5.94. The van der Waals surface area contributed by atoms with Gasteiger partial charge in [0.2, 0.25) is 10.0 Å². The Kier molecular flexibility index (Phi) is 4.95. The lowest BCUT2D eigenvalue weighted by Crippen LogP contribution is -2.35. The molecule has 0 spiro atoms. The molecule has 114 valence electrons. The van der Waals surface area contributed by atoms with E-state index in [1.807, 2.05) is 0 Å². The average molecular weight is 305 g/mol. The average Bonchev–Trinajstić information content (AvgIpc) is 2.61. The van der Waals surface area contributed by atoms with Crippen molar-refractivity contribution in [2.75, 3.05) is 6.54 Å². The minimum absolute atomic E-state index is 0.00596. The zero-order valence-corrected chi connectivity index (χ0v) is 12.6. The summed E-state index contributed by atoms with van der Waals surface area (Å²) in [6.07, 6.45) is -0.855. The van der Waals surface area contributed by atoms with E-state index in [9.17, 15) is 18.3 Å². The Morgan fingerprint density at radius 2 is 1.85 bits per heavy atom. The highest BCUT2D eigenvalue weighted by Gasteiger charge is 2.31. The van der Waals surface area contributed by atoms with Crippen LogP contribution in [-0.4, -0.2) is 37.2 Å². The zero-order valence-electron chi connectivity index (χ0n) is 11.8. The van der Waals surface area contributed by atoms with Crippen molar-refractivity contribution in [1.82, 2.24) is 4.72 Å². The number of hydrogen-bond donors (Lipinski definition) is 3. The standard InChI is InChI=1S/C12H19NO6S/c1-6(2)9(14)5-13-20(17,18)11-8(4)19-7(3)10(11)12(15)16/h6,9,13-14H,5H2,1-4H3,(H,15,16). The van der Waals surface area contributed by atoms with Crippen LogP contribution in [0.2, 0.25) is 0 Å². The lowest BCUT2D eigenvalue weighted by molar-refractivity contribution is 0.0691. The van der Waals surface area contributed by atoms with Crippen LogP contribution in [0.3, 0.4) is 0 Å². The van der Waals surface area contributed by atoms with Gasteiger partial charge in [-0.25, -0.2) is 17.9 Å². The summed E-state index contributed by atoms with van der Waals surface area (Å²) >= 11 is 0. The van der Waals surface area contributed by atoms with E-state index >= 15 is 0 Å². The van der Waals surface area contributed by atoms with Gasteiger partial charge >= 0.3 is 5.97 Å². The van der Waals surface area contributed by atoms with Crippen molar-refractivity contribution in [2.24, 2.45) is 5.92 Å². The molecule has 0 bridgehead atoms. The van der Waals surface area contributed by atoms with Crippen LogP contribution in [0.15, 0.2) is 9.31 Å². The first kappa shape index (κ1) is 16.7. The lowest BCUT2D eigenvalue weighted by atomic mass is 10.1. The predicted octanol–water partition coefficient (Wildman–Crippen LogP) is 0.890. The van der Waals surface area contributed by atoms with E-state index in [4.69, 9.17) is 9.52 Å². The Hall–Kier alpha value is -1.38. The molecule has 1 heterocycles. The third kappa shape index (κ3) is 3.38. The van der Waals surface area contributed by atoms with Crippen molar-refractivity contribution < 1.29 is 27.8 Å². The predicted molar refractivity (Wildman–Crippen MR) is 71.2 cm³/mol. The number of carboxylic acids is 1. The van der Waals surface area contributed by atoms with Crippen LogP contribution in [0.4, 0.5) is 0 Å². The van der Waals surface area contributed by atoms with Crippen LogP contribution in [0.25, 0.3) is 0 Å². The van der Waals surface area contributed by atoms with Gasteiger partial charge in [0, 0.05) is 6.54 Å². The van der Waals surface area contributed by atoms with Crippen molar-refractivity contribution in [3.63, 3.8) is 0 Å². The molecule has 0 saturated heterocycles. The number of aryl methyl sites for hydroxylation is 2. The molecule has 1 atom stereocenters. The Labute approximate surface area is 117 Å². The highest BCUT2D eigenvalue weighted by atomic mass is 32.2. The molecule has 0 amide bonds. The van der Waals surface area contributed by atoms with Crippen molar-refractivity contribution >= 4 is 16.0 Å². The summed E-state index contributed by atoms with van der Waals surface area (Å²) in [7, 11) is -4.06. The second-order valence-electron chi connectivity index (χ2n) is 4.89. The van der Waals surface area contributed by atoms with E-state index in [0.717, 1.165) is 0 Å². The summed E-state index contributed by atoms with van der Waals surface area (Å²) in [5, 5.41) is 18.7. The summed E-state index contributed by atoms with van der Waals surface area (Å²) in [6.45, 7) is 6.07. The molecule has 8 heteroatoms. The van der Waals surface area contributed by atoms with Gasteiger partial charge in [-0.05, 0) is 19.8 Å². The molecular formula is C12H19NO6S. The van der Waals surface area contributed by atoms with Crippen molar-refractivity contribution in [3.8, 4) is 0 Å². The van der Waals surface area contributed by atoms with Crippen LogP contribution < -0.4 is 4.72 Å². The maximum Gasteiger partial charge on any atom is 0.340 e. The molecule has 7 nitrogen and oxygen atoms in total. The number of furan rings is 1. The Morgan fingerprint density at radius 1 is 1.30 bits per heavy atom. The maximum atomic E-state index is 12.2. The SMILES string of the molecule is Cc1oc(C)c(S(=O)(=O)NCC(O)C(C)C)c1C(=O)O. The van der Waals surface area contributed by atoms with Crippen LogP contribution in [-0.2, 0) is 10.0 Å². The molecule has 1 aromatic rings. The van der Waals surface area contributed by atoms with Gasteiger partial charge in [-0.2, -0.15) is 0 Å². The zero-order chi connectivity index (χ0) is 15.7. The number of sulfonamides is 1. The number of aliphatic hydroxyl groups excluding tert-OH is 1. The summed E-state index contributed by atoms with van der Waals surface area (Å²) in [6, 6.07) is 0. The Morgan fingerprint density at radius 3 is 2.30 bits per heavy atom. The monoisotopic (exact) mass is 305 g/mol. The minimum atomic E-state index is -4.06. The molecule has 0 fully saturated rings. The van der Waals surface area contributed by atoms with Gasteiger partial charge in [0.1, 0.15) is 22.0 Å². The van der Waals surface area contributed by atoms with Crippen LogP contribution >= 0.6 is 0 Å². The Bertz CT molecular complexity index is 602. The molecule has 0 aromatic carbocycles. The molecule has 20 heavy (non-hydrogen) atoms. The molecule has 0 radical (unpaired) electrons. The fraction of sp³-hybridized carbons (Fsp3) is 0.583. The molecule has 0 aliphatic rings. The molecule has 1 unspecified atom stereocenters. The van der Waals surface area contributed by atoms with Crippen molar-refractivity contribution in [3.05, 3.63) is 17.1 Å². The molecule has 0 aliphatic heterocycles. The highest BCUT2D eigenvalue weighted by molar-refractivity contribution is 7.89. The van der Waals surface area contributed by atoms with E-state index in [-0.39, 0.29) is 29.5 Å². The third-order valence-corrected chi connectivity index (χ3v) is 4.52. The van der Waals surface area contributed by atoms with E-state index < -0.39 is 27.0 Å². The van der Waals surface area contributed by atoms with Gasteiger partial charge in [-0.3, -0.25) is 0 Å². The van der Waals surface area contributed by atoms with Crippen molar-refractivity contribution in [2.45, 2.75) is 38.7 Å². The molecular weight excluding hydrogens is 286 g/mol. The van der Waals surface area contributed by atoms with Gasteiger partial charge < -0.3 is 14.6 Å². The second-order valence-corrected chi connectivity index (χ2v) is 6.59. The number of aliphatic hydroxyl groups is 1. The quantitative estimate of drug-likeness (QED) is 0.718. The summed E-state index contributed by atoms with van der Waals surface area (Å²) in [4.78, 5) is 10.8. The number of carboxylic acid groups (broad SMARTS) is 1.